The Morgan fingerprint density at radius 3 is 2.68 bits per heavy atom. The van der Waals surface area contributed by atoms with E-state index in [1.807, 2.05) is 41.8 Å². The minimum absolute atomic E-state index is 0.235. The summed E-state index contributed by atoms with van der Waals surface area (Å²) in [6.07, 6.45) is 0.459. The molecular formula is C18H14N2O3S2. The highest BCUT2D eigenvalue weighted by atomic mass is 32.2. The second-order valence-electron chi connectivity index (χ2n) is 5.57. The highest BCUT2D eigenvalue weighted by Gasteiger charge is 2.32. The van der Waals surface area contributed by atoms with E-state index in [-0.39, 0.29) is 16.4 Å². The van der Waals surface area contributed by atoms with Gasteiger partial charge in [-0.05, 0) is 17.5 Å². The zero-order valence-corrected chi connectivity index (χ0v) is 14.9. The highest BCUT2D eigenvalue weighted by Crippen LogP contribution is 2.35. The van der Waals surface area contributed by atoms with Crippen LogP contribution >= 0.6 is 23.1 Å². The van der Waals surface area contributed by atoms with Crippen LogP contribution in [0.3, 0.4) is 0 Å². The fourth-order valence-electron chi connectivity index (χ4n) is 2.89. The van der Waals surface area contributed by atoms with Gasteiger partial charge in [0.15, 0.2) is 0 Å². The molecule has 1 aromatic heterocycles. The molecule has 7 heteroatoms. The van der Waals surface area contributed by atoms with Crippen molar-refractivity contribution in [3.05, 3.63) is 46.8 Å². The molecule has 4 rings (SSSR count). The first-order chi connectivity index (χ1) is 12.2. The number of amides is 2. The molecule has 2 heterocycles. The van der Waals surface area contributed by atoms with Gasteiger partial charge >= 0.3 is 0 Å². The minimum atomic E-state index is -0.390. The lowest BCUT2D eigenvalue weighted by Gasteiger charge is -2.09. The standard InChI is InChI=1S/C18H14N2O3S2/c1-23-14-7-6-11(10-4-2-3-5-12(10)14)13-9-24-16(19-13)8-15-17(21)20-18(22)25-15/h2-7,9,15H,8H2,1H3,(H,20,21,22). The van der Waals surface area contributed by atoms with Gasteiger partial charge in [-0.15, -0.1) is 11.3 Å². The molecule has 1 N–H and O–H groups in total. The zero-order valence-electron chi connectivity index (χ0n) is 13.3. The molecule has 0 bridgehead atoms. The van der Waals surface area contributed by atoms with Crippen molar-refractivity contribution in [1.29, 1.82) is 0 Å². The van der Waals surface area contributed by atoms with Crippen molar-refractivity contribution in [2.45, 2.75) is 11.7 Å². The molecule has 1 fully saturated rings. The fourth-order valence-corrected chi connectivity index (χ4v) is 4.66. The predicted molar refractivity (Wildman–Crippen MR) is 100 cm³/mol. The van der Waals surface area contributed by atoms with Crippen molar-refractivity contribution in [3.63, 3.8) is 0 Å². The van der Waals surface area contributed by atoms with Crippen LogP contribution < -0.4 is 10.1 Å². The van der Waals surface area contributed by atoms with Gasteiger partial charge in [0.2, 0.25) is 5.91 Å². The molecule has 0 radical (unpaired) electrons. The number of hydrogen-bond donors (Lipinski definition) is 1. The monoisotopic (exact) mass is 370 g/mol. The van der Waals surface area contributed by atoms with Crippen LogP contribution in [-0.4, -0.2) is 28.5 Å². The first kappa shape index (κ1) is 16.1. The van der Waals surface area contributed by atoms with Crippen molar-refractivity contribution in [1.82, 2.24) is 10.3 Å². The van der Waals surface area contributed by atoms with E-state index in [2.05, 4.69) is 10.3 Å². The van der Waals surface area contributed by atoms with Gasteiger partial charge in [-0.1, -0.05) is 36.0 Å². The number of rotatable bonds is 4. The Labute approximate surface area is 152 Å². The van der Waals surface area contributed by atoms with Gasteiger partial charge < -0.3 is 4.74 Å². The molecule has 1 aliphatic heterocycles. The van der Waals surface area contributed by atoms with Crippen LogP contribution in [0.15, 0.2) is 41.8 Å². The van der Waals surface area contributed by atoms with E-state index in [0.29, 0.717) is 6.42 Å². The number of nitrogens with one attached hydrogen (secondary N) is 1. The summed E-state index contributed by atoms with van der Waals surface area (Å²) in [5, 5.41) is 6.58. The number of methoxy groups -OCH3 is 1. The van der Waals surface area contributed by atoms with Crippen LogP contribution in [0.25, 0.3) is 22.0 Å². The fraction of sp³-hybridized carbons (Fsp3) is 0.167. The summed E-state index contributed by atoms with van der Waals surface area (Å²) < 4.78 is 5.44. The third-order valence-electron chi connectivity index (χ3n) is 4.06. The summed E-state index contributed by atoms with van der Waals surface area (Å²) in [5.41, 5.74) is 1.90. The Bertz CT molecular complexity index is 983. The largest absolute Gasteiger partial charge is 0.496 e. The molecule has 2 amide bonds. The number of thiazole rings is 1. The van der Waals surface area contributed by atoms with Gasteiger partial charge in [0.25, 0.3) is 5.24 Å². The maximum absolute atomic E-state index is 11.7. The molecule has 0 spiro atoms. The first-order valence-corrected chi connectivity index (χ1v) is 9.43. The van der Waals surface area contributed by atoms with Crippen LogP contribution in [0.5, 0.6) is 5.75 Å². The molecule has 3 aromatic rings. The molecule has 2 aromatic carbocycles. The molecule has 1 unspecified atom stereocenters. The van der Waals surface area contributed by atoms with Crippen molar-refractivity contribution in [3.8, 4) is 17.0 Å². The molecule has 126 valence electrons. The third-order valence-corrected chi connectivity index (χ3v) is 5.91. The third kappa shape index (κ3) is 3.01. The maximum atomic E-state index is 11.7. The first-order valence-electron chi connectivity index (χ1n) is 7.67. The average Bonchev–Trinajstić information content (AvgIpc) is 3.20. The highest BCUT2D eigenvalue weighted by molar-refractivity contribution is 8.15. The van der Waals surface area contributed by atoms with E-state index < -0.39 is 0 Å². The van der Waals surface area contributed by atoms with Crippen molar-refractivity contribution >= 4 is 45.0 Å². The van der Waals surface area contributed by atoms with Crippen LogP contribution in [0.2, 0.25) is 0 Å². The quantitative estimate of drug-likeness (QED) is 0.755. The molecule has 1 saturated heterocycles. The van der Waals surface area contributed by atoms with E-state index in [0.717, 1.165) is 44.5 Å². The van der Waals surface area contributed by atoms with Gasteiger partial charge in [-0.3, -0.25) is 14.9 Å². The minimum Gasteiger partial charge on any atom is -0.496 e. The number of hydrogen-bond acceptors (Lipinski definition) is 6. The molecule has 5 nitrogen and oxygen atoms in total. The number of fused-ring (bicyclic) bond motifs is 1. The molecule has 0 aliphatic carbocycles. The summed E-state index contributed by atoms with van der Waals surface area (Å²) in [5.74, 6) is 0.592. The van der Waals surface area contributed by atoms with Crippen molar-refractivity contribution in [2.24, 2.45) is 0 Å². The zero-order chi connectivity index (χ0) is 17.4. The van der Waals surface area contributed by atoms with Gasteiger partial charge in [0, 0.05) is 22.8 Å². The number of aromatic nitrogens is 1. The van der Waals surface area contributed by atoms with E-state index in [1.165, 1.54) is 11.3 Å². The molecular weight excluding hydrogens is 356 g/mol. The smallest absolute Gasteiger partial charge is 0.286 e. The maximum Gasteiger partial charge on any atom is 0.286 e. The summed E-state index contributed by atoms with van der Waals surface area (Å²) in [6.45, 7) is 0. The van der Waals surface area contributed by atoms with Crippen LogP contribution in [-0.2, 0) is 11.2 Å². The summed E-state index contributed by atoms with van der Waals surface area (Å²) in [7, 11) is 1.66. The lowest BCUT2D eigenvalue weighted by Crippen LogP contribution is -2.25. The molecule has 1 atom stereocenters. The second kappa shape index (κ2) is 6.50. The summed E-state index contributed by atoms with van der Waals surface area (Å²) >= 11 is 2.54. The Kier molecular flexibility index (Phi) is 4.19. The predicted octanol–water partition coefficient (Wildman–Crippen LogP) is 3.87. The molecule has 1 aliphatic rings. The van der Waals surface area contributed by atoms with Gasteiger partial charge in [-0.25, -0.2) is 4.98 Å². The Balaban J connectivity index is 1.68. The lowest BCUT2D eigenvalue weighted by atomic mass is 10.0. The Hall–Kier alpha value is -2.38. The number of nitrogens with zero attached hydrogens (tertiary/aromatic N) is 1. The average molecular weight is 370 g/mol. The van der Waals surface area contributed by atoms with E-state index >= 15 is 0 Å². The molecule has 0 saturated carbocycles. The van der Waals surface area contributed by atoms with E-state index in [4.69, 9.17) is 4.74 Å². The normalized spacial score (nSPS) is 17.1. The number of imide groups is 1. The number of carbonyl (C=O) groups excluding carboxylic acids is 2. The van der Waals surface area contributed by atoms with Crippen LogP contribution in [0.1, 0.15) is 5.01 Å². The van der Waals surface area contributed by atoms with Gasteiger partial charge in [0.05, 0.1) is 23.1 Å². The van der Waals surface area contributed by atoms with Crippen molar-refractivity contribution in [2.75, 3.05) is 7.11 Å². The summed E-state index contributed by atoms with van der Waals surface area (Å²) in [6, 6.07) is 12.0. The van der Waals surface area contributed by atoms with Gasteiger partial charge in [-0.2, -0.15) is 0 Å². The van der Waals surface area contributed by atoms with Crippen molar-refractivity contribution < 1.29 is 14.3 Å². The Morgan fingerprint density at radius 2 is 1.96 bits per heavy atom. The van der Waals surface area contributed by atoms with E-state index in [9.17, 15) is 9.59 Å². The topological polar surface area (TPSA) is 68.3 Å². The van der Waals surface area contributed by atoms with Crippen LogP contribution in [0, 0.1) is 0 Å². The Morgan fingerprint density at radius 1 is 1.16 bits per heavy atom. The number of carbonyl (C=O) groups is 2. The van der Waals surface area contributed by atoms with Crippen LogP contribution in [0.4, 0.5) is 4.79 Å². The van der Waals surface area contributed by atoms with Gasteiger partial charge in [0.1, 0.15) is 5.75 Å². The second-order valence-corrected chi connectivity index (χ2v) is 7.69. The lowest BCUT2D eigenvalue weighted by molar-refractivity contribution is -0.118. The summed E-state index contributed by atoms with van der Waals surface area (Å²) in [4.78, 5) is 27.7. The number of thioether (sulfide) groups is 1. The number of benzene rings is 2. The molecule has 25 heavy (non-hydrogen) atoms. The number of ether oxygens (including phenoxy) is 1. The SMILES string of the molecule is COc1ccc(-c2csc(CC3SC(=O)NC3=O)n2)c2ccccc12. The van der Waals surface area contributed by atoms with E-state index in [1.54, 1.807) is 7.11 Å².